The van der Waals surface area contributed by atoms with Gasteiger partial charge in [0.1, 0.15) is 6.04 Å². The zero-order valence-corrected chi connectivity index (χ0v) is 13.8. The minimum absolute atomic E-state index is 0.253. The second-order valence-corrected chi connectivity index (χ2v) is 7.92. The quantitative estimate of drug-likeness (QED) is 0.860. The van der Waals surface area contributed by atoms with Crippen molar-refractivity contribution in [1.29, 1.82) is 0 Å². The van der Waals surface area contributed by atoms with Crippen molar-refractivity contribution in [2.24, 2.45) is 0 Å². The maximum Gasteiger partial charge on any atom is 0.242 e. The summed E-state index contributed by atoms with van der Waals surface area (Å²) in [5.41, 5.74) is 0.692. The van der Waals surface area contributed by atoms with Crippen LogP contribution in [-0.2, 0) is 14.8 Å². The molecule has 0 aromatic heterocycles. The number of piperidine rings is 1. The Balaban J connectivity index is 2.10. The first-order valence-corrected chi connectivity index (χ1v) is 9.91. The van der Waals surface area contributed by atoms with Gasteiger partial charge in [0, 0.05) is 17.1 Å². The Kier molecular flexibility index (Phi) is 5.29. The smallest absolute Gasteiger partial charge is 0.242 e. The molecule has 1 aromatic carbocycles. The number of sulfonamides is 1. The number of rotatable bonds is 4. The van der Waals surface area contributed by atoms with E-state index in [1.165, 1.54) is 4.31 Å². The molecule has 2 rings (SSSR count). The topological polar surface area (TPSA) is 66.5 Å². The normalized spacial score (nSPS) is 20.2. The first-order chi connectivity index (χ1) is 9.91. The van der Waals surface area contributed by atoms with Crippen LogP contribution >= 0.6 is 11.8 Å². The highest BCUT2D eigenvalue weighted by atomic mass is 32.2. The third-order valence-corrected chi connectivity index (χ3v) is 5.57. The summed E-state index contributed by atoms with van der Waals surface area (Å²) in [7, 11) is -3.35. The fraction of sp³-hybridized carbons (Fsp3) is 0.500. The average molecular weight is 328 g/mol. The molecular formula is C14H20N2O3S2. The number of anilines is 1. The van der Waals surface area contributed by atoms with Crippen molar-refractivity contribution in [3.63, 3.8) is 0 Å². The number of nitrogens with zero attached hydrogens (tertiary/aromatic N) is 1. The van der Waals surface area contributed by atoms with Crippen LogP contribution in [0.25, 0.3) is 0 Å². The lowest BCUT2D eigenvalue weighted by molar-refractivity contribution is -0.120. The van der Waals surface area contributed by atoms with Gasteiger partial charge in [0.25, 0.3) is 0 Å². The van der Waals surface area contributed by atoms with Gasteiger partial charge in [0.15, 0.2) is 0 Å². The Morgan fingerprint density at radius 1 is 1.29 bits per heavy atom. The summed E-state index contributed by atoms with van der Waals surface area (Å²) in [4.78, 5) is 13.5. The van der Waals surface area contributed by atoms with Crippen LogP contribution in [0, 0.1) is 0 Å². The van der Waals surface area contributed by atoms with Crippen molar-refractivity contribution in [3.05, 3.63) is 24.3 Å². The van der Waals surface area contributed by atoms with Crippen molar-refractivity contribution in [3.8, 4) is 0 Å². The molecule has 1 atom stereocenters. The van der Waals surface area contributed by atoms with Gasteiger partial charge in [-0.3, -0.25) is 4.79 Å². The summed E-state index contributed by atoms with van der Waals surface area (Å²) in [6.45, 7) is 0.419. The molecule has 5 nitrogen and oxygen atoms in total. The van der Waals surface area contributed by atoms with Gasteiger partial charge in [-0.15, -0.1) is 11.8 Å². The van der Waals surface area contributed by atoms with Crippen LogP contribution in [0.1, 0.15) is 19.3 Å². The van der Waals surface area contributed by atoms with Crippen molar-refractivity contribution in [2.45, 2.75) is 30.2 Å². The molecule has 0 aliphatic carbocycles. The number of hydrogen-bond donors (Lipinski definition) is 1. The van der Waals surface area contributed by atoms with Crippen LogP contribution in [0.5, 0.6) is 0 Å². The zero-order valence-electron chi connectivity index (χ0n) is 12.2. The van der Waals surface area contributed by atoms with Gasteiger partial charge in [-0.2, -0.15) is 4.31 Å². The van der Waals surface area contributed by atoms with Gasteiger partial charge in [0.2, 0.25) is 15.9 Å². The van der Waals surface area contributed by atoms with Crippen molar-refractivity contribution < 1.29 is 13.2 Å². The fourth-order valence-electron chi connectivity index (χ4n) is 2.46. The predicted octanol–water partition coefficient (Wildman–Crippen LogP) is 2.16. The van der Waals surface area contributed by atoms with E-state index in [9.17, 15) is 13.2 Å². The number of carbonyl (C=O) groups excluding carboxylic acids is 1. The third-order valence-electron chi connectivity index (χ3n) is 3.54. The highest BCUT2D eigenvalue weighted by Crippen LogP contribution is 2.22. The molecule has 116 valence electrons. The predicted molar refractivity (Wildman–Crippen MR) is 86.0 cm³/mol. The Bertz CT molecular complexity index is 599. The first-order valence-electron chi connectivity index (χ1n) is 6.83. The highest BCUT2D eigenvalue weighted by Gasteiger charge is 2.34. The van der Waals surface area contributed by atoms with E-state index in [-0.39, 0.29) is 5.91 Å². The average Bonchev–Trinajstić information content (AvgIpc) is 2.47. The summed E-state index contributed by atoms with van der Waals surface area (Å²) < 4.78 is 24.9. The minimum atomic E-state index is -3.35. The van der Waals surface area contributed by atoms with E-state index in [4.69, 9.17) is 0 Å². The summed E-state index contributed by atoms with van der Waals surface area (Å²) in [5, 5.41) is 2.81. The molecule has 1 N–H and O–H groups in total. The number of hydrogen-bond acceptors (Lipinski definition) is 4. The van der Waals surface area contributed by atoms with E-state index in [2.05, 4.69) is 5.32 Å². The van der Waals surface area contributed by atoms with Crippen molar-refractivity contribution in [1.82, 2.24) is 4.31 Å². The molecule has 21 heavy (non-hydrogen) atoms. The second kappa shape index (κ2) is 6.81. The molecule has 1 unspecified atom stereocenters. The molecule has 1 aliphatic rings. The van der Waals surface area contributed by atoms with Gasteiger partial charge in [-0.05, 0) is 43.4 Å². The Morgan fingerprint density at radius 3 is 2.52 bits per heavy atom. The van der Waals surface area contributed by atoms with E-state index in [0.717, 1.165) is 24.0 Å². The van der Waals surface area contributed by atoms with Gasteiger partial charge in [-0.1, -0.05) is 6.42 Å². The second-order valence-electron chi connectivity index (χ2n) is 5.10. The van der Waals surface area contributed by atoms with E-state index < -0.39 is 16.1 Å². The Hall–Kier alpha value is -1.05. The van der Waals surface area contributed by atoms with Gasteiger partial charge in [-0.25, -0.2) is 8.42 Å². The van der Waals surface area contributed by atoms with Crippen molar-refractivity contribution in [2.75, 3.05) is 24.4 Å². The van der Waals surface area contributed by atoms with Crippen LogP contribution in [-0.4, -0.2) is 43.7 Å². The van der Waals surface area contributed by atoms with E-state index in [1.807, 2.05) is 30.5 Å². The van der Waals surface area contributed by atoms with E-state index in [1.54, 1.807) is 11.8 Å². The SMILES string of the molecule is CSc1ccc(NC(=O)C2CCCCN2S(C)(=O)=O)cc1. The number of benzene rings is 1. The van der Waals surface area contributed by atoms with E-state index >= 15 is 0 Å². The Labute approximate surface area is 130 Å². The number of thioether (sulfide) groups is 1. The standard InChI is InChI=1S/C14H20N2O3S2/c1-20-12-8-6-11(7-9-12)15-14(17)13-5-3-4-10-16(13)21(2,18)19/h6-9,13H,3-5,10H2,1-2H3,(H,15,17). The fourth-order valence-corrected chi connectivity index (χ4v) is 4.00. The van der Waals surface area contributed by atoms with Crippen LogP contribution in [0.4, 0.5) is 5.69 Å². The molecule has 0 radical (unpaired) electrons. The molecule has 1 fully saturated rings. The molecule has 1 aromatic rings. The lowest BCUT2D eigenvalue weighted by Crippen LogP contribution is -2.49. The van der Waals surface area contributed by atoms with Crippen LogP contribution in [0.2, 0.25) is 0 Å². The van der Waals surface area contributed by atoms with Crippen LogP contribution in [0.3, 0.4) is 0 Å². The van der Waals surface area contributed by atoms with Crippen LogP contribution < -0.4 is 5.32 Å². The molecular weight excluding hydrogens is 308 g/mol. The maximum absolute atomic E-state index is 12.4. The number of amides is 1. The molecule has 0 spiro atoms. The first kappa shape index (κ1) is 16.3. The maximum atomic E-state index is 12.4. The van der Waals surface area contributed by atoms with Gasteiger partial charge < -0.3 is 5.32 Å². The number of carbonyl (C=O) groups is 1. The molecule has 1 saturated heterocycles. The molecule has 1 aliphatic heterocycles. The number of nitrogens with one attached hydrogen (secondary N) is 1. The zero-order chi connectivity index (χ0) is 15.5. The lowest BCUT2D eigenvalue weighted by Gasteiger charge is -2.32. The lowest BCUT2D eigenvalue weighted by atomic mass is 10.0. The highest BCUT2D eigenvalue weighted by molar-refractivity contribution is 7.98. The molecule has 1 heterocycles. The van der Waals surface area contributed by atoms with Gasteiger partial charge >= 0.3 is 0 Å². The van der Waals surface area contributed by atoms with E-state index in [0.29, 0.717) is 18.7 Å². The van der Waals surface area contributed by atoms with Gasteiger partial charge in [0.05, 0.1) is 6.26 Å². The summed E-state index contributed by atoms with van der Waals surface area (Å²) >= 11 is 1.63. The summed E-state index contributed by atoms with van der Waals surface area (Å²) in [6.07, 6.45) is 5.39. The van der Waals surface area contributed by atoms with Crippen LogP contribution in [0.15, 0.2) is 29.2 Å². The summed E-state index contributed by atoms with van der Waals surface area (Å²) in [6, 6.07) is 6.91. The Morgan fingerprint density at radius 2 is 1.95 bits per heavy atom. The molecule has 0 bridgehead atoms. The largest absolute Gasteiger partial charge is 0.325 e. The minimum Gasteiger partial charge on any atom is -0.325 e. The monoisotopic (exact) mass is 328 g/mol. The summed E-state index contributed by atoms with van der Waals surface area (Å²) in [5.74, 6) is -0.253. The molecule has 7 heteroatoms. The molecule has 0 saturated carbocycles. The van der Waals surface area contributed by atoms with Crippen molar-refractivity contribution >= 4 is 33.4 Å². The molecule has 1 amide bonds. The third kappa shape index (κ3) is 4.21.